The summed E-state index contributed by atoms with van der Waals surface area (Å²) in [4.78, 5) is -0.489. The first-order chi connectivity index (χ1) is 8.90. The van der Waals surface area contributed by atoms with E-state index in [-0.39, 0.29) is 11.5 Å². The van der Waals surface area contributed by atoms with E-state index >= 15 is 0 Å². The van der Waals surface area contributed by atoms with Gasteiger partial charge >= 0.3 is 0 Å². The molecule has 1 atom stereocenters. The average Bonchev–Trinajstić information content (AvgIpc) is 2.80. The Hall–Kier alpha value is -2.07. The fourth-order valence-electron chi connectivity index (χ4n) is 1.44. The summed E-state index contributed by atoms with van der Waals surface area (Å²) in [5.74, 6) is -0.771. The number of nitrogens with one attached hydrogen (secondary N) is 2. The van der Waals surface area contributed by atoms with Crippen molar-refractivity contribution >= 4 is 15.7 Å². The number of rotatable bonds is 4. The van der Waals surface area contributed by atoms with Crippen LogP contribution in [0.2, 0.25) is 0 Å². The number of hydrogen-bond acceptors (Lipinski definition) is 6. The molecule has 0 aliphatic carbocycles. The highest BCUT2D eigenvalue weighted by Gasteiger charge is 2.23. The van der Waals surface area contributed by atoms with Crippen molar-refractivity contribution in [1.82, 2.24) is 25.3 Å². The van der Waals surface area contributed by atoms with Crippen molar-refractivity contribution in [1.29, 1.82) is 0 Å². The van der Waals surface area contributed by atoms with Crippen molar-refractivity contribution in [3.8, 4) is 0 Å². The zero-order valence-corrected chi connectivity index (χ0v) is 10.6. The summed E-state index contributed by atoms with van der Waals surface area (Å²) in [6.07, 6.45) is 0. The SMILES string of the molecule is CC(NS(=O)(=O)c1ccc(N)cc1F)c1nn[nH]n1. The van der Waals surface area contributed by atoms with Crippen LogP contribution in [0.3, 0.4) is 0 Å². The number of nitrogens with zero attached hydrogens (tertiary/aromatic N) is 3. The molecule has 2 aromatic rings. The van der Waals surface area contributed by atoms with Gasteiger partial charge in [0, 0.05) is 5.69 Å². The molecule has 10 heteroatoms. The molecule has 102 valence electrons. The van der Waals surface area contributed by atoms with Crippen molar-refractivity contribution in [3.63, 3.8) is 0 Å². The fourth-order valence-corrected chi connectivity index (χ4v) is 2.70. The quantitative estimate of drug-likeness (QED) is 0.677. The number of tetrazole rings is 1. The van der Waals surface area contributed by atoms with Gasteiger partial charge in [0.2, 0.25) is 10.0 Å². The number of aromatic nitrogens is 4. The van der Waals surface area contributed by atoms with E-state index < -0.39 is 26.8 Å². The van der Waals surface area contributed by atoms with Gasteiger partial charge in [-0.1, -0.05) is 5.21 Å². The van der Waals surface area contributed by atoms with Crippen LogP contribution in [0.25, 0.3) is 0 Å². The first-order valence-corrected chi connectivity index (χ1v) is 6.69. The lowest BCUT2D eigenvalue weighted by Gasteiger charge is -2.11. The summed E-state index contributed by atoms with van der Waals surface area (Å²) in [5, 5.41) is 12.8. The van der Waals surface area contributed by atoms with Crippen LogP contribution in [0.5, 0.6) is 0 Å². The number of H-pyrrole nitrogens is 1. The van der Waals surface area contributed by atoms with E-state index in [0.29, 0.717) is 0 Å². The number of benzene rings is 1. The molecule has 0 amide bonds. The molecule has 0 fully saturated rings. The van der Waals surface area contributed by atoms with Crippen molar-refractivity contribution in [2.24, 2.45) is 0 Å². The Morgan fingerprint density at radius 1 is 1.47 bits per heavy atom. The molecule has 1 aromatic carbocycles. The average molecular weight is 286 g/mol. The number of nitrogens with two attached hydrogens (primary N) is 1. The second-order valence-corrected chi connectivity index (χ2v) is 5.49. The summed E-state index contributed by atoms with van der Waals surface area (Å²) in [7, 11) is -4.04. The lowest BCUT2D eigenvalue weighted by Crippen LogP contribution is -2.28. The molecule has 1 aromatic heterocycles. The number of halogens is 1. The topological polar surface area (TPSA) is 127 Å². The molecule has 1 unspecified atom stereocenters. The fraction of sp³-hybridized carbons (Fsp3) is 0.222. The molecule has 2 rings (SSSR count). The third-order valence-electron chi connectivity index (χ3n) is 2.33. The summed E-state index contributed by atoms with van der Waals surface area (Å²) >= 11 is 0. The van der Waals surface area contributed by atoms with Gasteiger partial charge in [0.05, 0.1) is 6.04 Å². The van der Waals surface area contributed by atoms with E-state index in [9.17, 15) is 12.8 Å². The minimum atomic E-state index is -4.04. The van der Waals surface area contributed by atoms with Gasteiger partial charge < -0.3 is 5.73 Å². The lowest BCUT2D eigenvalue weighted by molar-refractivity contribution is 0.542. The summed E-state index contributed by atoms with van der Waals surface area (Å²) < 4.78 is 39.8. The molecule has 1 heterocycles. The molecular weight excluding hydrogens is 275 g/mol. The van der Waals surface area contributed by atoms with E-state index in [1.54, 1.807) is 0 Å². The second kappa shape index (κ2) is 4.90. The number of anilines is 1. The third kappa shape index (κ3) is 2.85. The molecule has 0 saturated heterocycles. The monoisotopic (exact) mass is 286 g/mol. The van der Waals surface area contributed by atoms with Crippen molar-refractivity contribution in [2.75, 3.05) is 5.73 Å². The molecule has 19 heavy (non-hydrogen) atoms. The van der Waals surface area contributed by atoms with E-state index in [4.69, 9.17) is 5.73 Å². The van der Waals surface area contributed by atoms with Crippen LogP contribution in [-0.4, -0.2) is 29.0 Å². The maximum absolute atomic E-state index is 13.6. The first kappa shape index (κ1) is 13.4. The van der Waals surface area contributed by atoms with E-state index in [2.05, 4.69) is 25.3 Å². The predicted octanol–water partition coefficient (Wildman–Crippen LogP) is -0.0395. The molecule has 0 aliphatic rings. The smallest absolute Gasteiger partial charge is 0.244 e. The predicted molar refractivity (Wildman–Crippen MR) is 63.7 cm³/mol. The molecule has 8 nitrogen and oxygen atoms in total. The first-order valence-electron chi connectivity index (χ1n) is 5.21. The van der Waals surface area contributed by atoms with Crippen LogP contribution in [0.1, 0.15) is 18.8 Å². The number of sulfonamides is 1. The van der Waals surface area contributed by atoms with Crippen LogP contribution in [-0.2, 0) is 10.0 Å². The number of aromatic amines is 1. The Bertz CT molecular complexity index is 672. The van der Waals surface area contributed by atoms with Crippen LogP contribution < -0.4 is 10.5 Å². The Morgan fingerprint density at radius 2 is 2.21 bits per heavy atom. The third-order valence-corrected chi connectivity index (χ3v) is 3.90. The van der Waals surface area contributed by atoms with Gasteiger partial charge in [-0.25, -0.2) is 17.5 Å². The van der Waals surface area contributed by atoms with Crippen LogP contribution in [0.15, 0.2) is 23.1 Å². The van der Waals surface area contributed by atoms with Gasteiger partial charge in [-0.15, -0.1) is 10.2 Å². The van der Waals surface area contributed by atoms with E-state index in [1.165, 1.54) is 13.0 Å². The van der Waals surface area contributed by atoms with Crippen molar-refractivity contribution < 1.29 is 12.8 Å². The highest BCUT2D eigenvalue weighted by Crippen LogP contribution is 2.19. The van der Waals surface area contributed by atoms with Crippen molar-refractivity contribution in [3.05, 3.63) is 29.8 Å². The summed E-state index contributed by atoms with van der Waals surface area (Å²) in [5.41, 5.74) is 5.50. The van der Waals surface area contributed by atoms with E-state index in [1.807, 2.05) is 0 Å². The van der Waals surface area contributed by atoms with Crippen molar-refractivity contribution in [2.45, 2.75) is 17.9 Å². The summed E-state index contributed by atoms with van der Waals surface area (Å²) in [6, 6.07) is 2.58. The molecular formula is C9H11FN6O2S. The van der Waals surface area contributed by atoms with Gasteiger partial charge in [-0.3, -0.25) is 0 Å². The standard InChI is InChI=1S/C9H11FN6O2S/c1-5(9-12-15-16-13-9)14-19(17,18)8-3-2-6(11)4-7(8)10/h2-5,14H,11H2,1H3,(H,12,13,15,16). The largest absolute Gasteiger partial charge is 0.399 e. The normalized spacial score (nSPS) is 13.4. The molecule has 0 bridgehead atoms. The Kier molecular flexibility index (Phi) is 3.44. The van der Waals surface area contributed by atoms with Gasteiger partial charge in [-0.2, -0.15) is 5.21 Å². The van der Waals surface area contributed by atoms with Gasteiger partial charge in [0.1, 0.15) is 10.7 Å². The van der Waals surface area contributed by atoms with Crippen LogP contribution >= 0.6 is 0 Å². The zero-order chi connectivity index (χ0) is 14.0. The zero-order valence-electron chi connectivity index (χ0n) is 9.83. The lowest BCUT2D eigenvalue weighted by atomic mass is 10.3. The molecule has 0 saturated carbocycles. The molecule has 4 N–H and O–H groups in total. The number of nitrogen functional groups attached to an aromatic ring is 1. The molecule has 0 aliphatic heterocycles. The minimum Gasteiger partial charge on any atom is -0.399 e. The summed E-state index contributed by atoms with van der Waals surface area (Å²) in [6.45, 7) is 1.51. The van der Waals surface area contributed by atoms with Crippen LogP contribution in [0, 0.1) is 5.82 Å². The van der Waals surface area contributed by atoms with Gasteiger partial charge in [0.25, 0.3) is 0 Å². The Morgan fingerprint density at radius 3 is 2.79 bits per heavy atom. The Labute approximate surface area is 108 Å². The molecule has 0 spiro atoms. The molecule has 0 radical (unpaired) electrons. The Balaban J connectivity index is 2.28. The maximum atomic E-state index is 13.6. The highest BCUT2D eigenvalue weighted by molar-refractivity contribution is 7.89. The minimum absolute atomic E-state index is 0.141. The highest BCUT2D eigenvalue weighted by atomic mass is 32.2. The van der Waals surface area contributed by atoms with Crippen LogP contribution in [0.4, 0.5) is 10.1 Å². The van der Waals surface area contributed by atoms with Gasteiger partial charge in [0.15, 0.2) is 5.82 Å². The van der Waals surface area contributed by atoms with Gasteiger partial charge in [-0.05, 0) is 25.1 Å². The number of hydrogen-bond donors (Lipinski definition) is 3. The maximum Gasteiger partial charge on any atom is 0.244 e. The second-order valence-electron chi connectivity index (χ2n) is 3.80. The van der Waals surface area contributed by atoms with E-state index in [0.717, 1.165) is 12.1 Å².